The first-order valence-corrected chi connectivity index (χ1v) is 4.28. The molecule has 1 rings (SSSR count). The lowest BCUT2D eigenvalue weighted by Crippen LogP contribution is -2.09. The summed E-state index contributed by atoms with van der Waals surface area (Å²) in [5, 5.41) is 7.83. The zero-order valence-corrected chi connectivity index (χ0v) is 8.26. The third kappa shape index (κ3) is 6.91. The Morgan fingerprint density at radius 2 is 2.29 bits per heavy atom. The molecule has 14 heavy (non-hydrogen) atoms. The SMILES string of the molecule is C/C=C/C(=O)O.C=CN1C=CC=CC1. The van der Waals surface area contributed by atoms with Gasteiger partial charge in [0.1, 0.15) is 0 Å². The van der Waals surface area contributed by atoms with Gasteiger partial charge >= 0.3 is 5.97 Å². The van der Waals surface area contributed by atoms with E-state index in [-0.39, 0.29) is 0 Å². The predicted octanol–water partition coefficient (Wildman–Crippen LogP) is 2.16. The van der Waals surface area contributed by atoms with Gasteiger partial charge in [-0.05, 0) is 19.2 Å². The summed E-state index contributed by atoms with van der Waals surface area (Å²) in [6, 6.07) is 0. The van der Waals surface area contributed by atoms with Gasteiger partial charge in [-0.3, -0.25) is 0 Å². The first-order chi connectivity index (χ1) is 6.70. The summed E-state index contributed by atoms with van der Waals surface area (Å²) in [7, 11) is 0. The molecule has 0 aliphatic carbocycles. The molecular weight excluding hydrogens is 178 g/mol. The quantitative estimate of drug-likeness (QED) is 0.683. The molecule has 3 heteroatoms. The van der Waals surface area contributed by atoms with Crippen LogP contribution < -0.4 is 0 Å². The second-order valence-electron chi connectivity index (χ2n) is 2.49. The molecule has 1 aliphatic rings. The Bertz CT molecular complexity index is 264. The average molecular weight is 193 g/mol. The lowest BCUT2D eigenvalue weighted by atomic mass is 10.4. The Balaban J connectivity index is 0.000000255. The molecule has 0 radical (unpaired) electrons. The molecule has 0 spiro atoms. The molecule has 0 saturated carbocycles. The van der Waals surface area contributed by atoms with Gasteiger partial charge in [0.2, 0.25) is 0 Å². The van der Waals surface area contributed by atoms with Gasteiger partial charge in [-0.2, -0.15) is 0 Å². The molecule has 0 aromatic carbocycles. The molecule has 0 amide bonds. The third-order valence-corrected chi connectivity index (χ3v) is 1.38. The van der Waals surface area contributed by atoms with Crippen molar-refractivity contribution in [3.05, 3.63) is 49.4 Å². The standard InChI is InChI=1S/C7H9N.C4H6O2/c1-2-8-6-4-3-5-7-8;1-2-3-4(5)6/h2-6H,1,7H2;2-3H,1H3,(H,5,6)/b;3-2+. The third-order valence-electron chi connectivity index (χ3n) is 1.38. The summed E-state index contributed by atoms with van der Waals surface area (Å²) >= 11 is 0. The van der Waals surface area contributed by atoms with Crippen molar-refractivity contribution in [2.24, 2.45) is 0 Å². The van der Waals surface area contributed by atoms with Gasteiger partial charge in [0, 0.05) is 18.8 Å². The smallest absolute Gasteiger partial charge is 0.327 e. The first-order valence-electron chi connectivity index (χ1n) is 4.28. The number of rotatable bonds is 2. The number of hydrogen-bond acceptors (Lipinski definition) is 2. The highest BCUT2D eigenvalue weighted by Gasteiger charge is 1.89. The van der Waals surface area contributed by atoms with Gasteiger partial charge in [-0.1, -0.05) is 24.8 Å². The molecule has 1 heterocycles. The Morgan fingerprint density at radius 3 is 2.50 bits per heavy atom. The molecule has 0 fully saturated rings. The number of nitrogens with zero attached hydrogens (tertiary/aromatic N) is 1. The van der Waals surface area contributed by atoms with Crippen LogP contribution >= 0.6 is 0 Å². The molecule has 0 aromatic heterocycles. The lowest BCUT2D eigenvalue weighted by Gasteiger charge is -2.13. The first kappa shape index (κ1) is 12.2. The van der Waals surface area contributed by atoms with Crippen LogP contribution in [0.4, 0.5) is 0 Å². The van der Waals surface area contributed by atoms with Crippen LogP contribution in [-0.2, 0) is 4.79 Å². The highest BCUT2D eigenvalue weighted by Crippen LogP contribution is 1.96. The van der Waals surface area contributed by atoms with E-state index in [9.17, 15) is 4.79 Å². The maximum Gasteiger partial charge on any atom is 0.327 e. The fourth-order valence-electron chi connectivity index (χ4n) is 0.760. The fourth-order valence-corrected chi connectivity index (χ4v) is 0.760. The van der Waals surface area contributed by atoms with Gasteiger partial charge in [0.15, 0.2) is 0 Å². The van der Waals surface area contributed by atoms with Crippen LogP contribution in [-0.4, -0.2) is 22.5 Å². The normalized spacial score (nSPS) is 13.6. The van der Waals surface area contributed by atoms with Crippen molar-refractivity contribution in [3.8, 4) is 0 Å². The predicted molar refractivity (Wildman–Crippen MR) is 57.6 cm³/mol. The van der Waals surface area contributed by atoms with Gasteiger partial charge in [0.05, 0.1) is 0 Å². The summed E-state index contributed by atoms with van der Waals surface area (Å²) in [5.41, 5.74) is 0. The summed E-state index contributed by atoms with van der Waals surface area (Å²) < 4.78 is 0. The minimum absolute atomic E-state index is 0.891. The van der Waals surface area contributed by atoms with Gasteiger partial charge < -0.3 is 10.0 Å². The Morgan fingerprint density at radius 1 is 1.57 bits per heavy atom. The van der Waals surface area contributed by atoms with E-state index >= 15 is 0 Å². The highest BCUT2D eigenvalue weighted by atomic mass is 16.4. The van der Waals surface area contributed by atoms with Crippen molar-refractivity contribution in [2.45, 2.75) is 6.92 Å². The summed E-state index contributed by atoms with van der Waals surface area (Å²) in [6.07, 6.45) is 12.5. The monoisotopic (exact) mass is 193 g/mol. The van der Waals surface area contributed by atoms with Crippen molar-refractivity contribution < 1.29 is 9.90 Å². The maximum absolute atomic E-state index is 9.51. The second-order valence-corrected chi connectivity index (χ2v) is 2.49. The van der Waals surface area contributed by atoms with Gasteiger partial charge in [-0.15, -0.1) is 0 Å². The van der Waals surface area contributed by atoms with Crippen LogP contribution in [0.3, 0.4) is 0 Å². The molecule has 0 saturated heterocycles. The largest absolute Gasteiger partial charge is 0.478 e. The molecule has 0 atom stereocenters. The van der Waals surface area contributed by atoms with E-state index in [2.05, 4.69) is 12.7 Å². The summed E-state index contributed by atoms with van der Waals surface area (Å²) in [6.45, 7) is 6.24. The molecular formula is C11H15NO2. The van der Waals surface area contributed by atoms with E-state index in [4.69, 9.17) is 5.11 Å². The number of aliphatic carboxylic acids is 1. The zero-order chi connectivity index (χ0) is 10.8. The van der Waals surface area contributed by atoms with Crippen molar-refractivity contribution in [1.29, 1.82) is 0 Å². The fraction of sp³-hybridized carbons (Fsp3) is 0.182. The van der Waals surface area contributed by atoms with Gasteiger partial charge in [0.25, 0.3) is 0 Å². The van der Waals surface area contributed by atoms with E-state index in [0.29, 0.717) is 0 Å². The number of hydrogen-bond donors (Lipinski definition) is 1. The van der Waals surface area contributed by atoms with Crippen LogP contribution in [0, 0.1) is 0 Å². The molecule has 1 N–H and O–H groups in total. The minimum atomic E-state index is -0.891. The average Bonchev–Trinajstić information content (AvgIpc) is 2.20. The van der Waals surface area contributed by atoms with E-state index in [1.54, 1.807) is 13.1 Å². The van der Waals surface area contributed by atoms with E-state index in [0.717, 1.165) is 12.6 Å². The summed E-state index contributed by atoms with van der Waals surface area (Å²) in [4.78, 5) is 11.5. The minimum Gasteiger partial charge on any atom is -0.478 e. The number of carboxylic acid groups (broad SMARTS) is 1. The van der Waals surface area contributed by atoms with Crippen molar-refractivity contribution in [2.75, 3.05) is 6.54 Å². The molecule has 1 aliphatic heterocycles. The lowest BCUT2D eigenvalue weighted by molar-refractivity contribution is -0.131. The Hall–Kier alpha value is -1.77. The van der Waals surface area contributed by atoms with E-state index in [1.807, 2.05) is 23.3 Å². The number of carboxylic acids is 1. The van der Waals surface area contributed by atoms with Crippen LogP contribution in [0.2, 0.25) is 0 Å². The van der Waals surface area contributed by atoms with Crippen LogP contribution in [0.1, 0.15) is 6.92 Å². The number of allylic oxidation sites excluding steroid dienone is 3. The van der Waals surface area contributed by atoms with Crippen molar-refractivity contribution in [3.63, 3.8) is 0 Å². The molecule has 3 nitrogen and oxygen atoms in total. The highest BCUT2D eigenvalue weighted by molar-refractivity contribution is 5.79. The molecule has 0 bridgehead atoms. The van der Waals surface area contributed by atoms with Crippen LogP contribution in [0.5, 0.6) is 0 Å². The van der Waals surface area contributed by atoms with E-state index in [1.165, 1.54) is 6.08 Å². The Kier molecular flexibility index (Phi) is 6.86. The maximum atomic E-state index is 9.51. The summed E-state index contributed by atoms with van der Waals surface area (Å²) in [5.74, 6) is -0.891. The molecule has 0 aromatic rings. The Labute approximate surface area is 84.3 Å². The van der Waals surface area contributed by atoms with Crippen LogP contribution in [0.25, 0.3) is 0 Å². The van der Waals surface area contributed by atoms with Crippen molar-refractivity contribution >= 4 is 5.97 Å². The zero-order valence-electron chi connectivity index (χ0n) is 8.26. The van der Waals surface area contributed by atoms with E-state index < -0.39 is 5.97 Å². The number of carbonyl (C=O) groups is 1. The molecule has 0 unspecified atom stereocenters. The molecule has 76 valence electrons. The topological polar surface area (TPSA) is 40.5 Å². The van der Waals surface area contributed by atoms with Crippen molar-refractivity contribution in [1.82, 2.24) is 4.90 Å². The van der Waals surface area contributed by atoms with Gasteiger partial charge in [-0.25, -0.2) is 4.79 Å². The second kappa shape index (κ2) is 7.86. The van der Waals surface area contributed by atoms with Crippen LogP contribution in [0.15, 0.2) is 49.4 Å².